The standard InChI is InChI=1S/C79H143NO10/c1-4-7-10-13-16-19-22-25-27-29-31-33-35-36-37-39-40-42-44-46-48-51-54-57-60-63-66-72(83)78(87)80-70(71(82)65-62-59-56-53-50-24-21-18-15-12-9-6-3)69-88-79-77(76(86)75(85)73(68-81)89-79)90-74(84)67-64-61-58-55-52-49-47-45-43-41-38-34-32-30-28-26-23-20-17-14-11-8-5-2/h16-17,19-20,25-28,32,34,62,65,70-73,75-77,79,81-83,85-86H,4-15,18,21-24,29-31,33,35-61,63-64,66-69H2,1-3H3,(H,80,87)/b19-16-,20-17-,27-25-,28-26-,34-32-,65-62+. The predicted molar refractivity (Wildman–Crippen MR) is 379 cm³/mol. The summed E-state index contributed by atoms with van der Waals surface area (Å²) in [6.45, 7) is 5.78. The number of esters is 1. The third-order valence-corrected chi connectivity index (χ3v) is 17.8. The predicted octanol–water partition coefficient (Wildman–Crippen LogP) is 20.2. The first kappa shape index (κ1) is 85.1. The molecule has 6 N–H and O–H groups in total. The van der Waals surface area contributed by atoms with Gasteiger partial charge in [-0.25, -0.2) is 0 Å². The average Bonchev–Trinajstić information content (AvgIpc) is 3.11. The van der Waals surface area contributed by atoms with Crippen molar-refractivity contribution in [2.24, 2.45) is 0 Å². The maximum absolute atomic E-state index is 13.5. The SMILES string of the molecule is CCCCC/C=C\C/C=C\C/C=C\CCCCCCCCCCCCC(=O)OC1C(OCC(NC(=O)C(O)CCCCCCCCCCCCCCCCCC/C=C\C/C=C\CCCCC)C(O)/C=C/CCCCCCCCCCCC)OC(CO)C(O)C1O. The van der Waals surface area contributed by atoms with Gasteiger partial charge in [-0.3, -0.25) is 9.59 Å². The Morgan fingerprint density at radius 3 is 1.17 bits per heavy atom. The molecule has 8 atom stereocenters. The van der Waals surface area contributed by atoms with Crippen molar-refractivity contribution in [3.63, 3.8) is 0 Å². The van der Waals surface area contributed by atoms with Crippen LogP contribution in [0.1, 0.15) is 355 Å². The Morgan fingerprint density at radius 1 is 0.433 bits per heavy atom. The first-order valence-corrected chi connectivity index (χ1v) is 38.2. The van der Waals surface area contributed by atoms with Gasteiger partial charge in [0.2, 0.25) is 5.91 Å². The van der Waals surface area contributed by atoms with Crippen LogP contribution in [0.25, 0.3) is 0 Å². The van der Waals surface area contributed by atoms with Crippen LogP contribution in [0.3, 0.4) is 0 Å². The van der Waals surface area contributed by atoms with E-state index >= 15 is 0 Å². The van der Waals surface area contributed by atoms with Gasteiger partial charge in [-0.05, 0) is 96.3 Å². The molecule has 1 saturated heterocycles. The molecule has 0 aromatic rings. The third-order valence-electron chi connectivity index (χ3n) is 17.8. The number of aliphatic hydroxyl groups is 5. The van der Waals surface area contributed by atoms with E-state index in [-0.39, 0.29) is 13.0 Å². The molecule has 524 valence electrons. The fourth-order valence-corrected chi connectivity index (χ4v) is 11.8. The van der Waals surface area contributed by atoms with E-state index < -0.39 is 67.4 Å². The summed E-state index contributed by atoms with van der Waals surface area (Å²) in [6.07, 6.45) is 76.6. The van der Waals surface area contributed by atoms with Gasteiger partial charge in [-0.1, -0.05) is 325 Å². The number of unbranched alkanes of at least 4 members (excludes halogenated alkanes) is 42. The Bertz CT molecular complexity index is 1750. The topological polar surface area (TPSA) is 175 Å². The summed E-state index contributed by atoms with van der Waals surface area (Å²) in [5.41, 5.74) is 0. The van der Waals surface area contributed by atoms with Crippen molar-refractivity contribution in [3.05, 3.63) is 72.9 Å². The Labute approximate surface area is 553 Å². The van der Waals surface area contributed by atoms with Gasteiger partial charge in [0.25, 0.3) is 0 Å². The minimum absolute atomic E-state index is 0.119. The third kappa shape index (κ3) is 52.5. The van der Waals surface area contributed by atoms with E-state index in [0.29, 0.717) is 19.3 Å². The molecule has 1 aliphatic heterocycles. The number of ether oxygens (including phenoxy) is 3. The second-order valence-electron chi connectivity index (χ2n) is 26.4. The second kappa shape index (κ2) is 66.1. The van der Waals surface area contributed by atoms with E-state index in [1.807, 2.05) is 6.08 Å². The van der Waals surface area contributed by atoms with Crippen molar-refractivity contribution < 1.29 is 49.3 Å². The van der Waals surface area contributed by atoms with Crippen molar-refractivity contribution >= 4 is 11.9 Å². The summed E-state index contributed by atoms with van der Waals surface area (Å²) >= 11 is 0. The van der Waals surface area contributed by atoms with Gasteiger partial charge in [0.05, 0.1) is 25.4 Å². The van der Waals surface area contributed by atoms with Crippen molar-refractivity contribution in [3.8, 4) is 0 Å². The zero-order valence-electron chi connectivity index (χ0n) is 58.5. The number of allylic oxidation sites excluding steroid dienone is 11. The average molecular weight is 1270 g/mol. The fraction of sp³-hybridized carbons (Fsp3) is 0.823. The lowest BCUT2D eigenvalue weighted by molar-refractivity contribution is -0.305. The van der Waals surface area contributed by atoms with Gasteiger partial charge in [-0.2, -0.15) is 0 Å². The summed E-state index contributed by atoms with van der Waals surface area (Å²) in [7, 11) is 0. The van der Waals surface area contributed by atoms with Crippen LogP contribution in [0.5, 0.6) is 0 Å². The second-order valence-corrected chi connectivity index (χ2v) is 26.4. The first-order valence-electron chi connectivity index (χ1n) is 38.2. The maximum atomic E-state index is 13.5. The number of rotatable bonds is 66. The number of nitrogens with one attached hydrogen (secondary N) is 1. The monoisotopic (exact) mass is 1270 g/mol. The maximum Gasteiger partial charge on any atom is 0.306 e. The lowest BCUT2D eigenvalue weighted by Gasteiger charge is -2.41. The summed E-state index contributed by atoms with van der Waals surface area (Å²) in [6, 6.07) is -1.03. The molecule has 0 saturated carbocycles. The van der Waals surface area contributed by atoms with E-state index in [1.165, 1.54) is 225 Å². The van der Waals surface area contributed by atoms with Gasteiger partial charge in [0.15, 0.2) is 12.4 Å². The highest BCUT2D eigenvalue weighted by Crippen LogP contribution is 2.26. The van der Waals surface area contributed by atoms with Gasteiger partial charge < -0.3 is 45.1 Å². The molecule has 11 heteroatoms. The fourth-order valence-electron chi connectivity index (χ4n) is 11.8. The van der Waals surface area contributed by atoms with Crippen LogP contribution in [0.2, 0.25) is 0 Å². The van der Waals surface area contributed by atoms with Crippen molar-refractivity contribution in [2.75, 3.05) is 13.2 Å². The van der Waals surface area contributed by atoms with E-state index in [9.17, 15) is 35.1 Å². The molecular formula is C79H143NO10. The Kier molecular flexibility index (Phi) is 62.5. The molecule has 8 unspecified atom stereocenters. The molecule has 11 nitrogen and oxygen atoms in total. The number of hydrogen-bond acceptors (Lipinski definition) is 10. The largest absolute Gasteiger partial charge is 0.454 e. The summed E-state index contributed by atoms with van der Waals surface area (Å²) in [4.78, 5) is 26.7. The molecule has 1 heterocycles. The number of carbonyl (C=O) groups excluding carboxylic acids is 2. The zero-order chi connectivity index (χ0) is 65.3. The lowest BCUT2D eigenvalue weighted by atomic mass is 9.99. The molecule has 90 heavy (non-hydrogen) atoms. The molecule has 1 rings (SSSR count). The summed E-state index contributed by atoms with van der Waals surface area (Å²) in [5.74, 6) is -1.19. The van der Waals surface area contributed by atoms with E-state index in [4.69, 9.17) is 14.2 Å². The lowest BCUT2D eigenvalue weighted by Crippen LogP contribution is -2.61. The van der Waals surface area contributed by atoms with Crippen LogP contribution < -0.4 is 5.32 Å². The smallest absolute Gasteiger partial charge is 0.306 e. The van der Waals surface area contributed by atoms with Gasteiger partial charge in [0.1, 0.15) is 24.4 Å². The Hall–Kier alpha value is -2.90. The van der Waals surface area contributed by atoms with Crippen LogP contribution in [0.4, 0.5) is 0 Å². The van der Waals surface area contributed by atoms with Gasteiger partial charge >= 0.3 is 5.97 Å². The molecular weight excluding hydrogens is 1120 g/mol. The molecule has 0 aromatic heterocycles. The van der Waals surface area contributed by atoms with Crippen LogP contribution in [0.15, 0.2) is 72.9 Å². The van der Waals surface area contributed by atoms with Crippen molar-refractivity contribution in [1.82, 2.24) is 5.32 Å². The van der Waals surface area contributed by atoms with Crippen LogP contribution in [-0.4, -0.2) is 99.6 Å². The number of aliphatic hydroxyl groups excluding tert-OH is 5. The molecule has 0 spiro atoms. The number of carbonyl (C=O) groups is 2. The minimum atomic E-state index is -1.62. The summed E-state index contributed by atoms with van der Waals surface area (Å²) < 4.78 is 17.7. The molecule has 1 aliphatic rings. The van der Waals surface area contributed by atoms with E-state index in [2.05, 4.69) is 86.8 Å². The van der Waals surface area contributed by atoms with E-state index in [0.717, 1.165) is 83.5 Å². The van der Waals surface area contributed by atoms with E-state index in [1.54, 1.807) is 6.08 Å². The highest BCUT2D eigenvalue weighted by Gasteiger charge is 2.47. The molecule has 1 amide bonds. The highest BCUT2D eigenvalue weighted by atomic mass is 16.7. The van der Waals surface area contributed by atoms with Gasteiger partial charge in [0, 0.05) is 6.42 Å². The Balaban J connectivity index is 2.52. The summed E-state index contributed by atoms with van der Waals surface area (Å²) in [5, 5.41) is 57.4. The molecule has 0 aliphatic carbocycles. The van der Waals surface area contributed by atoms with Crippen molar-refractivity contribution in [2.45, 2.75) is 404 Å². The molecule has 0 aromatic carbocycles. The molecule has 1 fully saturated rings. The normalized spacial score (nSPS) is 18.4. The van der Waals surface area contributed by atoms with Gasteiger partial charge in [-0.15, -0.1) is 0 Å². The van der Waals surface area contributed by atoms with Crippen LogP contribution in [0, 0.1) is 0 Å². The van der Waals surface area contributed by atoms with Crippen LogP contribution in [-0.2, 0) is 23.8 Å². The highest BCUT2D eigenvalue weighted by molar-refractivity contribution is 5.80. The van der Waals surface area contributed by atoms with Crippen LogP contribution >= 0.6 is 0 Å². The minimum Gasteiger partial charge on any atom is -0.454 e. The number of hydrogen-bond donors (Lipinski definition) is 6. The number of amides is 1. The van der Waals surface area contributed by atoms with Crippen molar-refractivity contribution in [1.29, 1.82) is 0 Å². The zero-order valence-corrected chi connectivity index (χ0v) is 58.5. The molecule has 0 bridgehead atoms. The Morgan fingerprint density at radius 2 is 0.767 bits per heavy atom. The first-order chi connectivity index (χ1) is 44.2. The quantitative estimate of drug-likeness (QED) is 0.0195. The molecule has 0 radical (unpaired) electrons.